The van der Waals surface area contributed by atoms with Gasteiger partial charge in [0.15, 0.2) is 0 Å². The molecule has 4 heterocycles. The molecule has 0 spiro atoms. The van der Waals surface area contributed by atoms with Gasteiger partial charge in [-0.25, -0.2) is 8.78 Å². The lowest BCUT2D eigenvalue weighted by Gasteiger charge is -2.31. The number of carbonyl (C=O) groups excluding carboxylic acids is 2. The number of nitrogens with one attached hydrogen (secondary N) is 4. The third-order valence-corrected chi connectivity index (χ3v) is 6.37. The van der Waals surface area contributed by atoms with Gasteiger partial charge in [-0.1, -0.05) is 6.07 Å². The summed E-state index contributed by atoms with van der Waals surface area (Å²) < 4.78 is 27.0. The summed E-state index contributed by atoms with van der Waals surface area (Å²) in [7, 11) is 0. The second-order valence-electron chi connectivity index (χ2n) is 8.99. The van der Waals surface area contributed by atoms with Crippen LogP contribution in [-0.2, 0) is 16.1 Å². The quantitative estimate of drug-likeness (QED) is 0.513. The first-order chi connectivity index (χ1) is 17.4. The molecule has 8 nitrogen and oxygen atoms in total. The van der Waals surface area contributed by atoms with Crippen molar-refractivity contribution >= 4 is 23.1 Å². The van der Waals surface area contributed by atoms with E-state index in [-0.39, 0.29) is 24.7 Å². The fraction of sp³-hybridized carbons (Fsp3) is 0.269. The lowest BCUT2D eigenvalue weighted by molar-refractivity contribution is -0.116. The van der Waals surface area contributed by atoms with E-state index in [0.717, 1.165) is 22.4 Å². The molecular formula is C26H26F2N6O2. The minimum atomic E-state index is -2.57. The number of carbonyl (C=O) groups is 2. The number of piperidine rings is 1. The Bertz CT molecular complexity index is 1280. The van der Waals surface area contributed by atoms with Crippen LogP contribution in [0.5, 0.6) is 0 Å². The number of halogens is 2. The standard InChI is InChI=1S/C26H26F2N6O2/c27-26(28)6-9-34(10-7-26)16-17-11-19(14-29-13-17)18-1-3-23-21(12-18)22(15-31-33-23)25(36)32-20-2-4-24(35)30-8-5-20/h1-5,11-15,31,33H,6-10,16H2,(H,30,35)(H,32,36). The number of allylic oxidation sites excluding steroid dienone is 1. The van der Waals surface area contributed by atoms with E-state index in [1.54, 1.807) is 30.7 Å². The maximum atomic E-state index is 13.5. The van der Waals surface area contributed by atoms with Gasteiger partial charge in [0.05, 0.1) is 11.3 Å². The Morgan fingerprint density at radius 3 is 2.78 bits per heavy atom. The predicted octanol–water partition coefficient (Wildman–Crippen LogP) is 2.94. The summed E-state index contributed by atoms with van der Waals surface area (Å²) >= 11 is 0. The second kappa shape index (κ2) is 9.90. The number of anilines is 1. The number of hydrogen-bond acceptors (Lipinski definition) is 6. The molecule has 1 aromatic carbocycles. The highest BCUT2D eigenvalue weighted by atomic mass is 19.3. The Hall–Kier alpha value is -4.05. The number of benzene rings is 1. The van der Waals surface area contributed by atoms with Gasteiger partial charge in [0.2, 0.25) is 5.91 Å². The molecule has 10 heteroatoms. The van der Waals surface area contributed by atoms with Crippen molar-refractivity contribution < 1.29 is 18.4 Å². The maximum Gasteiger partial charge on any atom is 0.257 e. The molecule has 5 rings (SSSR count). The number of hydrogen-bond donors (Lipinski definition) is 4. The van der Waals surface area contributed by atoms with E-state index in [9.17, 15) is 18.4 Å². The molecule has 0 saturated carbocycles. The van der Waals surface area contributed by atoms with E-state index in [1.807, 2.05) is 29.2 Å². The van der Waals surface area contributed by atoms with E-state index in [1.165, 1.54) is 6.08 Å². The van der Waals surface area contributed by atoms with Gasteiger partial charge >= 0.3 is 0 Å². The molecule has 1 aromatic heterocycles. The molecule has 0 aliphatic carbocycles. The van der Waals surface area contributed by atoms with Crippen molar-refractivity contribution in [2.75, 3.05) is 25.1 Å². The first-order valence-electron chi connectivity index (χ1n) is 11.7. The van der Waals surface area contributed by atoms with Crippen molar-refractivity contribution in [3.8, 4) is 11.1 Å². The van der Waals surface area contributed by atoms with Crippen LogP contribution < -0.4 is 21.5 Å². The number of hydrazine groups is 1. The average molecular weight is 493 g/mol. The molecule has 1 saturated heterocycles. The molecule has 3 aliphatic rings. The van der Waals surface area contributed by atoms with Crippen LogP contribution >= 0.6 is 0 Å². The van der Waals surface area contributed by atoms with Crippen LogP contribution in [0.2, 0.25) is 0 Å². The van der Waals surface area contributed by atoms with E-state index in [0.29, 0.717) is 43.0 Å². The van der Waals surface area contributed by atoms with Gasteiger partial charge in [-0.05, 0) is 41.5 Å². The Labute approximate surface area is 207 Å². The Morgan fingerprint density at radius 2 is 1.94 bits per heavy atom. The number of fused-ring (bicyclic) bond motifs is 1. The van der Waals surface area contributed by atoms with Crippen LogP contribution in [0.25, 0.3) is 16.7 Å². The van der Waals surface area contributed by atoms with Gasteiger partial charge in [0.1, 0.15) is 0 Å². The number of nitrogens with zero attached hydrogens (tertiary/aromatic N) is 2. The average Bonchev–Trinajstić information content (AvgIpc) is 3.08. The fourth-order valence-corrected chi connectivity index (χ4v) is 4.38. The highest BCUT2D eigenvalue weighted by molar-refractivity contribution is 6.22. The molecule has 0 unspecified atom stereocenters. The van der Waals surface area contributed by atoms with Crippen molar-refractivity contribution in [2.24, 2.45) is 0 Å². The molecule has 3 aliphatic heterocycles. The zero-order valence-corrected chi connectivity index (χ0v) is 19.5. The number of pyridine rings is 1. The third kappa shape index (κ3) is 5.44. The van der Waals surface area contributed by atoms with Crippen LogP contribution in [0, 0.1) is 0 Å². The lowest BCUT2D eigenvalue weighted by Crippen LogP contribution is -2.38. The Balaban J connectivity index is 1.34. The summed E-state index contributed by atoms with van der Waals surface area (Å²) in [4.78, 5) is 31.0. The highest BCUT2D eigenvalue weighted by Crippen LogP contribution is 2.32. The van der Waals surface area contributed by atoms with Crippen molar-refractivity contribution in [3.05, 3.63) is 77.9 Å². The van der Waals surface area contributed by atoms with Crippen LogP contribution in [0.4, 0.5) is 14.5 Å². The molecule has 0 radical (unpaired) electrons. The van der Waals surface area contributed by atoms with Crippen molar-refractivity contribution in [1.82, 2.24) is 25.9 Å². The van der Waals surface area contributed by atoms with E-state index < -0.39 is 5.92 Å². The van der Waals surface area contributed by atoms with Crippen LogP contribution in [0.3, 0.4) is 0 Å². The van der Waals surface area contributed by atoms with Gasteiger partial charge < -0.3 is 21.5 Å². The second-order valence-corrected chi connectivity index (χ2v) is 8.99. The molecule has 0 atom stereocenters. The van der Waals surface area contributed by atoms with E-state index in [2.05, 4.69) is 26.5 Å². The lowest BCUT2D eigenvalue weighted by atomic mass is 9.96. The summed E-state index contributed by atoms with van der Waals surface area (Å²) in [5.74, 6) is -3.11. The zero-order chi connectivity index (χ0) is 25.1. The summed E-state index contributed by atoms with van der Waals surface area (Å²) in [5, 5.41) is 5.52. The number of alkyl halides is 2. The minimum Gasteiger partial charge on any atom is -0.349 e. The van der Waals surface area contributed by atoms with Gasteiger partial charge in [-0.15, -0.1) is 0 Å². The molecule has 1 fully saturated rings. The molecule has 36 heavy (non-hydrogen) atoms. The monoisotopic (exact) mass is 492 g/mol. The zero-order valence-electron chi connectivity index (χ0n) is 19.5. The minimum absolute atomic E-state index is 0.122. The maximum absolute atomic E-state index is 13.5. The van der Waals surface area contributed by atoms with Gasteiger partial charge in [0.25, 0.3) is 11.8 Å². The smallest absolute Gasteiger partial charge is 0.257 e. The largest absolute Gasteiger partial charge is 0.349 e. The SMILES string of the molecule is O=C1C=CC(NC(=O)C2=CNNc3ccc(-c4cncc(CN5CCC(F)(F)CC5)c4)cc32)=CCN1. The first-order valence-corrected chi connectivity index (χ1v) is 11.7. The van der Waals surface area contributed by atoms with E-state index in [4.69, 9.17) is 0 Å². The topological polar surface area (TPSA) is 98.4 Å². The van der Waals surface area contributed by atoms with Crippen LogP contribution in [0.1, 0.15) is 24.0 Å². The third-order valence-electron chi connectivity index (χ3n) is 6.37. The normalized spacial score (nSPS) is 19.0. The number of rotatable bonds is 5. The number of aromatic nitrogens is 1. The Kier molecular flexibility index (Phi) is 6.51. The fourth-order valence-electron chi connectivity index (χ4n) is 4.38. The van der Waals surface area contributed by atoms with Crippen LogP contribution in [0.15, 0.2) is 66.8 Å². The Morgan fingerprint density at radius 1 is 1.11 bits per heavy atom. The van der Waals surface area contributed by atoms with Gasteiger partial charge in [0, 0.05) is 80.5 Å². The highest BCUT2D eigenvalue weighted by Gasteiger charge is 2.33. The molecule has 2 aromatic rings. The molecular weight excluding hydrogens is 466 g/mol. The summed E-state index contributed by atoms with van der Waals surface area (Å²) in [6.45, 7) is 1.59. The summed E-state index contributed by atoms with van der Waals surface area (Å²) in [5.41, 5.74) is 11.0. The van der Waals surface area contributed by atoms with Gasteiger partial charge in [-0.3, -0.25) is 19.5 Å². The number of likely N-dealkylation sites (tertiary alicyclic amines) is 1. The molecule has 4 N–H and O–H groups in total. The first kappa shape index (κ1) is 23.7. The van der Waals surface area contributed by atoms with E-state index >= 15 is 0 Å². The summed E-state index contributed by atoms with van der Waals surface area (Å²) in [6, 6.07) is 7.74. The predicted molar refractivity (Wildman–Crippen MR) is 132 cm³/mol. The summed E-state index contributed by atoms with van der Waals surface area (Å²) in [6.07, 6.45) is 9.51. The molecule has 186 valence electrons. The molecule has 2 amide bonds. The van der Waals surface area contributed by atoms with Crippen molar-refractivity contribution in [1.29, 1.82) is 0 Å². The van der Waals surface area contributed by atoms with Gasteiger partial charge in [-0.2, -0.15) is 0 Å². The van der Waals surface area contributed by atoms with Crippen LogP contribution in [-0.4, -0.2) is 47.3 Å². The van der Waals surface area contributed by atoms with Crippen molar-refractivity contribution in [3.63, 3.8) is 0 Å². The molecule has 0 bridgehead atoms. The van der Waals surface area contributed by atoms with Crippen molar-refractivity contribution in [2.45, 2.75) is 25.3 Å². The number of amides is 2.